The van der Waals surface area contributed by atoms with E-state index < -0.39 is 5.92 Å². The molecule has 0 unspecified atom stereocenters. The van der Waals surface area contributed by atoms with Gasteiger partial charge in [-0.2, -0.15) is 0 Å². The number of hydrogen-bond acceptors (Lipinski definition) is 4. The van der Waals surface area contributed by atoms with Crippen LogP contribution in [0.5, 0.6) is 5.75 Å². The molecule has 1 aromatic rings. The summed E-state index contributed by atoms with van der Waals surface area (Å²) in [6.07, 6.45) is 6.17. The molecule has 0 aromatic heterocycles. The summed E-state index contributed by atoms with van der Waals surface area (Å²) in [6.45, 7) is 1.23. The highest BCUT2D eigenvalue weighted by Gasteiger charge is 2.30. The van der Waals surface area contributed by atoms with Crippen molar-refractivity contribution in [3.8, 4) is 5.75 Å². The minimum Gasteiger partial charge on any atom is -0.497 e. The van der Waals surface area contributed by atoms with Crippen molar-refractivity contribution in [2.45, 2.75) is 50.5 Å². The third-order valence-corrected chi connectivity index (χ3v) is 4.89. The average Bonchev–Trinajstić information content (AvgIpc) is 3.13. The first kappa shape index (κ1) is 17.7. The highest BCUT2D eigenvalue weighted by atomic mass is 16.5. The van der Waals surface area contributed by atoms with E-state index >= 15 is 0 Å². The van der Waals surface area contributed by atoms with Crippen LogP contribution in [0.3, 0.4) is 0 Å². The lowest BCUT2D eigenvalue weighted by molar-refractivity contribution is -0.126. The maximum absolute atomic E-state index is 12.6. The van der Waals surface area contributed by atoms with Gasteiger partial charge in [0, 0.05) is 25.3 Å². The second-order valence-corrected chi connectivity index (χ2v) is 6.68. The molecule has 1 aliphatic heterocycles. The average molecular weight is 346 g/mol. The Bertz CT molecular complexity index is 626. The molecule has 1 aliphatic carbocycles. The molecule has 3 rings (SSSR count). The number of methoxy groups -OCH3 is 1. The second-order valence-electron chi connectivity index (χ2n) is 6.68. The highest BCUT2D eigenvalue weighted by Crippen LogP contribution is 2.35. The smallest absolute Gasteiger partial charge is 0.228 e. The molecule has 2 amide bonds. The molecule has 1 heterocycles. The van der Waals surface area contributed by atoms with Gasteiger partial charge in [0.15, 0.2) is 0 Å². The number of amides is 2. The fourth-order valence-electron chi connectivity index (χ4n) is 3.51. The number of benzene rings is 1. The van der Waals surface area contributed by atoms with Crippen molar-refractivity contribution < 1.29 is 19.1 Å². The summed E-state index contributed by atoms with van der Waals surface area (Å²) in [5.74, 6) is -0.0557. The fraction of sp³-hybridized carbons (Fsp3) is 0.579. The number of carbonyl (C=O) groups is 2. The van der Waals surface area contributed by atoms with Crippen LogP contribution in [0.15, 0.2) is 18.2 Å². The lowest BCUT2D eigenvalue weighted by Gasteiger charge is -2.25. The van der Waals surface area contributed by atoms with Crippen molar-refractivity contribution in [3.63, 3.8) is 0 Å². The molecule has 2 N–H and O–H groups in total. The minimum absolute atomic E-state index is 0.120. The summed E-state index contributed by atoms with van der Waals surface area (Å²) in [5.41, 5.74) is 1.49. The van der Waals surface area contributed by atoms with Crippen LogP contribution in [0.2, 0.25) is 0 Å². The van der Waals surface area contributed by atoms with Crippen LogP contribution in [-0.2, 0) is 14.3 Å². The van der Waals surface area contributed by atoms with Crippen molar-refractivity contribution in [3.05, 3.63) is 23.8 Å². The first-order valence-electron chi connectivity index (χ1n) is 9.04. The summed E-state index contributed by atoms with van der Waals surface area (Å²) in [4.78, 5) is 24.4. The van der Waals surface area contributed by atoms with E-state index in [1.807, 2.05) is 6.07 Å². The molecule has 1 fully saturated rings. The van der Waals surface area contributed by atoms with Gasteiger partial charge in [0.2, 0.25) is 11.8 Å². The zero-order valence-electron chi connectivity index (χ0n) is 14.7. The number of hydrogen-bond donors (Lipinski definition) is 2. The lowest BCUT2D eigenvalue weighted by Crippen LogP contribution is -2.35. The fourth-order valence-corrected chi connectivity index (χ4v) is 3.51. The highest BCUT2D eigenvalue weighted by molar-refractivity contribution is 6.01. The van der Waals surface area contributed by atoms with Crippen LogP contribution in [0.1, 0.15) is 50.0 Å². The Morgan fingerprint density at radius 2 is 2.12 bits per heavy atom. The molecular weight excluding hydrogens is 320 g/mol. The Hall–Kier alpha value is -2.08. The Morgan fingerprint density at radius 1 is 1.32 bits per heavy atom. The lowest BCUT2D eigenvalue weighted by atomic mass is 9.89. The summed E-state index contributed by atoms with van der Waals surface area (Å²) in [7, 11) is 1.59. The molecule has 0 saturated heterocycles. The van der Waals surface area contributed by atoms with Gasteiger partial charge in [-0.05, 0) is 43.0 Å². The summed E-state index contributed by atoms with van der Waals surface area (Å²) in [5, 5.41) is 5.75. The van der Waals surface area contributed by atoms with Gasteiger partial charge in [-0.1, -0.05) is 12.8 Å². The normalized spacial score (nSPS) is 20.0. The zero-order chi connectivity index (χ0) is 17.6. The quantitative estimate of drug-likeness (QED) is 0.744. The van der Waals surface area contributed by atoms with Gasteiger partial charge in [0.05, 0.1) is 19.1 Å². The maximum atomic E-state index is 12.6. The molecule has 25 heavy (non-hydrogen) atoms. The Labute approximate surface area is 148 Å². The van der Waals surface area contributed by atoms with E-state index in [-0.39, 0.29) is 18.2 Å². The molecule has 2 aliphatic rings. The van der Waals surface area contributed by atoms with E-state index in [1.54, 1.807) is 19.2 Å². The van der Waals surface area contributed by atoms with Crippen LogP contribution in [0, 0.1) is 0 Å². The topological polar surface area (TPSA) is 76.7 Å². The van der Waals surface area contributed by atoms with Crippen LogP contribution >= 0.6 is 0 Å². The maximum Gasteiger partial charge on any atom is 0.228 e. The molecule has 136 valence electrons. The summed E-state index contributed by atoms with van der Waals surface area (Å²) < 4.78 is 11.0. The van der Waals surface area contributed by atoms with E-state index in [1.165, 1.54) is 12.8 Å². The van der Waals surface area contributed by atoms with Crippen LogP contribution in [-0.4, -0.2) is 38.2 Å². The SMILES string of the molecule is COc1ccc2c(c1)[C@@H](C(=O)NCCCOC1CCCC1)CC(=O)N2. The van der Waals surface area contributed by atoms with Crippen molar-refractivity contribution in [2.75, 3.05) is 25.6 Å². The number of anilines is 1. The predicted molar refractivity (Wildman–Crippen MR) is 94.8 cm³/mol. The van der Waals surface area contributed by atoms with Crippen LogP contribution < -0.4 is 15.4 Å². The zero-order valence-corrected chi connectivity index (χ0v) is 14.7. The van der Waals surface area contributed by atoms with Gasteiger partial charge in [-0.25, -0.2) is 0 Å². The monoisotopic (exact) mass is 346 g/mol. The number of carbonyl (C=O) groups excluding carboxylic acids is 2. The molecule has 0 bridgehead atoms. The Balaban J connectivity index is 1.52. The predicted octanol–water partition coefficient (Wildman–Crippen LogP) is 2.59. The minimum atomic E-state index is -0.477. The molecule has 1 aromatic carbocycles. The molecule has 1 atom stereocenters. The van der Waals surface area contributed by atoms with E-state index in [2.05, 4.69) is 10.6 Å². The summed E-state index contributed by atoms with van der Waals surface area (Å²) >= 11 is 0. The molecule has 0 radical (unpaired) electrons. The van der Waals surface area contributed by atoms with Crippen molar-refractivity contribution in [1.29, 1.82) is 0 Å². The van der Waals surface area contributed by atoms with Crippen LogP contribution in [0.25, 0.3) is 0 Å². The second kappa shape index (κ2) is 8.34. The van der Waals surface area contributed by atoms with Crippen molar-refractivity contribution >= 4 is 17.5 Å². The van der Waals surface area contributed by atoms with E-state index in [0.717, 1.165) is 24.8 Å². The third-order valence-electron chi connectivity index (χ3n) is 4.89. The molecule has 6 nitrogen and oxygen atoms in total. The molecule has 1 saturated carbocycles. The van der Waals surface area contributed by atoms with E-state index in [0.29, 0.717) is 30.7 Å². The number of ether oxygens (including phenoxy) is 2. The largest absolute Gasteiger partial charge is 0.497 e. The van der Waals surface area contributed by atoms with Crippen molar-refractivity contribution in [1.82, 2.24) is 5.32 Å². The van der Waals surface area contributed by atoms with Gasteiger partial charge in [-0.15, -0.1) is 0 Å². The van der Waals surface area contributed by atoms with Gasteiger partial charge >= 0.3 is 0 Å². The van der Waals surface area contributed by atoms with Gasteiger partial charge < -0.3 is 20.1 Å². The summed E-state index contributed by atoms with van der Waals surface area (Å²) in [6, 6.07) is 5.38. The molecular formula is C19H26N2O4. The number of nitrogens with one attached hydrogen (secondary N) is 2. The third kappa shape index (κ3) is 4.51. The number of rotatable bonds is 7. The van der Waals surface area contributed by atoms with Gasteiger partial charge in [0.25, 0.3) is 0 Å². The van der Waals surface area contributed by atoms with E-state index in [9.17, 15) is 9.59 Å². The standard InChI is InChI=1S/C19H26N2O4/c1-24-14-7-8-17-15(11-14)16(12-18(22)21-17)19(23)20-9-4-10-25-13-5-2-3-6-13/h7-8,11,13,16H,2-6,9-10,12H2,1H3,(H,20,23)(H,21,22)/t16-/m0/s1. The first-order chi connectivity index (χ1) is 12.2. The Morgan fingerprint density at radius 3 is 2.88 bits per heavy atom. The Kier molecular flexibility index (Phi) is 5.91. The van der Waals surface area contributed by atoms with Gasteiger partial charge in [-0.3, -0.25) is 9.59 Å². The number of fused-ring (bicyclic) bond motifs is 1. The first-order valence-corrected chi connectivity index (χ1v) is 9.04. The van der Waals surface area contributed by atoms with Crippen molar-refractivity contribution in [2.24, 2.45) is 0 Å². The molecule has 6 heteroatoms. The van der Waals surface area contributed by atoms with Crippen LogP contribution in [0.4, 0.5) is 5.69 Å². The molecule has 0 spiro atoms. The van der Waals surface area contributed by atoms with Gasteiger partial charge in [0.1, 0.15) is 5.75 Å². The van der Waals surface area contributed by atoms with E-state index in [4.69, 9.17) is 9.47 Å².